The van der Waals surface area contributed by atoms with Crippen LogP contribution in [0.4, 0.5) is 0 Å². The van der Waals surface area contributed by atoms with Crippen LogP contribution in [0.1, 0.15) is 12.0 Å². The van der Waals surface area contributed by atoms with E-state index in [1.165, 1.54) is 4.57 Å². The van der Waals surface area contributed by atoms with Gasteiger partial charge in [-0.05, 0) is 35.9 Å². The van der Waals surface area contributed by atoms with Crippen molar-refractivity contribution in [2.24, 2.45) is 7.05 Å². The Bertz CT molecular complexity index is 1370. The van der Waals surface area contributed by atoms with Gasteiger partial charge in [-0.15, -0.1) is 0 Å². The minimum atomic E-state index is -0.185. The largest absolute Gasteiger partial charge is 0.490 e. The molecule has 0 N–H and O–H groups in total. The highest BCUT2D eigenvalue weighted by Crippen LogP contribution is 2.30. The Hall–Kier alpha value is -3.61. The molecule has 4 aromatic rings. The summed E-state index contributed by atoms with van der Waals surface area (Å²) >= 11 is 0. The third-order valence-corrected chi connectivity index (χ3v) is 5.16. The van der Waals surface area contributed by atoms with Crippen molar-refractivity contribution in [3.05, 3.63) is 75.1 Å². The van der Waals surface area contributed by atoms with E-state index in [9.17, 15) is 9.59 Å². The summed E-state index contributed by atoms with van der Waals surface area (Å²) < 4.78 is 14.5. The van der Waals surface area contributed by atoms with Crippen molar-refractivity contribution in [2.75, 3.05) is 13.2 Å². The Balaban J connectivity index is 1.59. The molecule has 146 valence electrons. The fraction of sp³-hybridized carbons (Fsp3) is 0.227. The Kier molecular flexibility index (Phi) is 4.08. The van der Waals surface area contributed by atoms with Crippen LogP contribution in [0.15, 0.2) is 58.4 Å². The van der Waals surface area contributed by atoms with Gasteiger partial charge in [-0.3, -0.25) is 9.59 Å². The van der Waals surface area contributed by atoms with Gasteiger partial charge in [0.25, 0.3) is 11.1 Å². The summed E-state index contributed by atoms with van der Waals surface area (Å²) in [4.78, 5) is 30.0. The Morgan fingerprint density at radius 1 is 0.897 bits per heavy atom. The second-order valence-electron chi connectivity index (χ2n) is 7.17. The van der Waals surface area contributed by atoms with E-state index in [1.54, 1.807) is 42.2 Å². The van der Waals surface area contributed by atoms with Crippen molar-refractivity contribution in [3.63, 3.8) is 0 Å². The Morgan fingerprint density at radius 2 is 1.62 bits per heavy atom. The van der Waals surface area contributed by atoms with Gasteiger partial charge in [0.15, 0.2) is 11.5 Å². The van der Waals surface area contributed by atoms with Gasteiger partial charge in [-0.2, -0.15) is 0 Å². The topological polar surface area (TPSA) is 75.3 Å². The molecule has 1 aromatic carbocycles. The molecule has 7 heteroatoms. The van der Waals surface area contributed by atoms with Crippen molar-refractivity contribution in [1.82, 2.24) is 14.1 Å². The zero-order valence-corrected chi connectivity index (χ0v) is 15.9. The SMILES string of the molecule is Cn1ccc2nc3ccn(Cc4ccc5c(c4)OCCCO5)c(=O)c3cc2c1=O. The van der Waals surface area contributed by atoms with Gasteiger partial charge < -0.3 is 18.6 Å². The quantitative estimate of drug-likeness (QED) is 0.492. The molecule has 3 aromatic heterocycles. The molecule has 0 atom stereocenters. The monoisotopic (exact) mass is 389 g/mol. The second kappa shape index (κ2) is 6.77. The number of fused-ring (bicyclic) bond motifs is 3. The number of aromatic nitrogens is 3. The smallest absolute Gasteiger partial charge is 0.260 e. The molecular weight excluding hydrogens is 370 g/mol. The number of rotatable bonds is 2. The van der Waals surface area contributed by atoms with Crippen LogP contribution in [-0.2, 0) is 13.6 Å². The van der Waals surface area contributed by atoms with Crippen molar-refractivity contribution < 1.29 is 9.47 Å². The maximum absolute atomic E-state index is 13.1. The third kappa shape index (κ3) is 3.04. The molecule has 7 nitrogen and oxygen atoms in total. The van der Waals surface area contributed by atoms with Crippen LogP contribution in [0.2, 0.25) is 0 Å². The second-order valence-corrected chi connectivity index (χ2v) is 7.17. The Morgan fingerprint density at radius 3 is 2.45 bits per heavy atom. The number of ether oxygens (including phenoxy) is 2. The first-order chi connectivity index (χ1) is 14.1. The zero-order chi connectivity index (χ0) is 20.0. The van der Waals surface area contributed by atoms with Crippen LogP contribution in [0.25, 0.3) is 21.8 Å². The summed E-state index contributed by atoms with van der Waals surface area (Å²) in [7, 11) is 1.68. The molecule has 0 saturated carbocycles. The number of nitrogens with zero attached hydrogens (tertiary/aromatic N) is 3. The molecule has 1 aliphatic heterocycles. The Labute approximate surface area is 165 Å². The van der Waals surface area contributed by atoms with Gasteiger partial charge in [0.2, 0.25) is 0 Å². The molecule has 0 amide bonds. The molecule has 1 aliphatic rings. The lowest BCUT2D eigenvalue weighted by molar-refractivity contribution is 0.297. The molecule has 5 rings (SSSR count). The van der Waals surface area contributed by atoms with Gasteiger partial charge >= 0.3 is 0 Å². The van der Waals surface area contributed by atoms with Gasteiger partial charge in [0, 0.05) is 25.9 Å². The van der Waals surface area contributed by atoms with Crippen LogP contribution < -0.4 is 20.6 Å². The fourth-order valence-corrected chi connectivity index (χ4v) is 3.59. The molecule has 0 bridgehead atoms. The fourth-order valence-electron chi connectivity index (χ4n) is 3.59. The molecule has 0 aliphatic carbocycles. The molecule has 0 spiro atoms. The summed E-state index contributed by atoms with van der Waals surface area (Å²) in [6, 6.07) is 10.9. The lowest BCUT2D eigenvalue weighted by Crippen LogP contribution is -2.21. The maximum Gasteiger partial charge on any atom is 0.260 e. The summed E-state index contributed by atoms with van der Waals surface area (Å²) in [5.74, 6) is 1.42. The summed E-state index contributed by atoms with van der Waals surface area (Å²) in [6.07, 6.45) is 4.25. The number of hydrogen-bond donors (Lipinski definition) is 0. The summed E-state index contributed by atoms with van der Waals surface area (Å²) in [6.45, 7) is 1.63. The van der Waals surface area contributed by atoms with E-state index in [-0.39, 0.29) is 11.1 Å². The number of pyridine rings is 3. The van der Waals surface area contributed by atoms with Crippen molar-refractivity contribution in [1.29, 1.82) is 0 Å². The molecule has 29 heavy (non-hydrogen) atoms. The molecular formula is C22H19N3O4. The number of benzene rings is 1. The highest BCUT2D eigenvalue weighted by Gasteiger charge is 2.13. The first kappa shape index (κ1) is 17.5. The minimum absolute atomic E-state index is 0.172. The van der Waals surface area contributed by atoms with E-state index in [0.717, 1.165) is 17.7 Å². The van der Waals surface area contributed by atoms with E-state index >= 15 is 0 Å². The van der Waals surface area contributed by atoms with Gasteiger partial charge in [-0.1, -0.05) is 6.07 Å². The lowest BCUT2D eigenvalue weighted by atomic mass is 10.1. The van der Waals surface area contributed by atoms with E-state index in [1.807, 2.05) is 18.2 Å². The molecule has 4 heterocycles. The molecule has 0 radical (unpaired) electrons. The first-order valence-electron chi connectivity index (χ1n) is 9.48. The highest BCUT2D eigenvalue weighted by molar-refractivity contribution is 5.91. The van der Waals surface area contributed by atoms with Gasteiger partial charge in [-0.25, -0.2) is 4.98 Å². The predicted molar refractivity (Wildman–Crippen MR) is 110 cm³/mol. The van der Waals surface area contributed by atoms with Gasteiger partial charge in [0.1, 0.15) is 0 Å². The van der Waals surface area contributed by atoms with Gasteiger partial charge in [0.05, 0.1) is 41.6 Å². The average molecular weight is 389 g/mol. The highest BCUT2D eigenvalue weighted by atomic mass is 16.5. The predicted octanol–water partition coefficient (Wildman–Crippen LogP) is 2.46. The molecule has 0 unspecified atom stereocenters. The van der Waals surface area contributed by atoms with E-state index in [0.29, 0.717) is 47.3 Å². The number of hydrogen-bond acceptors (Lipinski definition) is 5. The van der Waals surface area contributed by atoms with Crippen LogP contribution in [-0.4, -0.2) is 27.3 Å². The third-order valence-electron chi connectivity index (χ3n) is 5.16. The standard InChI is InChI=1S/C22H19N3O4/c1-24-7-5-17-15(21(24)26)12-16-18(23-17)6-8-25(22(16)27)13-14-3-4-19-20(11-14)29-10-2-9-28-19/h3-8,11-12H,2,9-10,13H2,1H3. The van der Waals surface area contributed by atoms with Crippen LogP contribution in [0.5, 0.6) is 11.5 Å². The lowest BCUT2D eigenvalue weighted by Gasteiger charge is -2.11. The minimum Gasteiger partial charge on any atom is -0.490 e. The normalized spacial score (nSPS) is 13.6. The van der Waals surface area contributed by atoms with Crippen molar-refractivity contribution in [3.8, 4) is 11.5 Å². The van der Waals surface area contributed by atoms with E-state index in [2.05, 4.69) is 4.98 Å². The van der Waals surface area contributed by atoms with Crippen LogP contribution in [0.3, 0.4) is 0 Å². The molecule has 0 fully saturated rings. The zero-order valence-electron chi connectivity index (χ0n) is 15.9. The van der Waals surface area contributed by atoms with Crippen molar-refractivity contribution in [2.45, 2.75) is 13.0 Å². The van der Waals surface area contributed by atoms with Crippen molar-refractivity contribution >= 4 is 21.8 Å². The first-order valence-corrected chi connectivity index (χ1v) is 9.48. The summed E-state index contributed by atoms with van der Waals surface area (Å²) in [5.41, 5.74) is 1.73. The maximum atomic E-state index is 13.1. The number of aryl methyl sites for hydroxylation is 1. The van der Waals surface area contributed by atoms with Crippen LogP contribution >= 0.6 is 0 Å². The van der Waals surface area contributed by atoms with E-state index < -0.39 is 0 Å². The molecule has 0 saturated heterocycles. The summed E-state index contributed by atoms with van der Waals surface area (Å²) in [5, 5.41) is 0.866. The van der Waals surface area contributed by atoms with E-state index in [4.69, 9.17) is 9.47 Å². The van der Waals surface area contributed by atoms with Crippen LogP contribution in [0, 0.1) is 0 Å². The average Bonchev–Trinajstić information content (AvgIpc) is 2.97.